The van der Waals surface area contributed by atoms with Crippen molar-refractivity contribution >= 4 is 34.1 Å². The molecule has 4 rings (SSSR count). The van der Waals surface area contributed by atoms with Crippen molar-refractivity contribution in [3.63, 3.8) is 0 Å². The molecule has 0 radical (unpaired) electrons. The first kappa shape index (κ1) is 19.7. The van der Waals surface area contributed by atoms with Gasteiger partial charge in [0.15, 0.2) is 5.13 Å². The molecule has 3 aromatic rings. The molecule has 8 nitrogen and oxygen atoms in total. The summed E-state index contributed by atoms with van der Waals surface area (Å²) in [5, 5.41) is 5.78. The fourth-order valence-corrected chi connectivity index (χ4v) is 4.12. The molecule has 0 fully saturated rings. The van der Waals surface area contributed by atoms with Crippen molar-refractivity contribution in [3.8, 4) is 11.5 Å². The number of carbonyl (C=O) groups is 2. The molecule has 0 spiro atoms. The van der Waals surface area contributed by atoms with E-state index in [1.807, 2.05) is 30.3 Å². The molecule has 0 saturated heterocycles. The number of nitrogens with one attached hydrogen (secondary N) is 2. The van der Waals surface area contributed by atoms with E-state index < -0.39 is 6.03 Å². The van der Waals surface area contributed by atoms with E-state index in [4.69, 9.17) is 9.47 Å². The molecular formula is C21H20N4O4S. The van der Waals surface area contributed by atoms with Gasteiger partial charge in [0.05, 0.1) is 31.3 Å². The van der Waals surface area contributed by atoms with Gasteiger partial charge in [-0.15, -0.1) is 0 Å². The molecule has 1 aliphatic heterocycles. The third-order valence-corrected chi connectivity index (χ3v) is 5.57. The summed E-state index contributed by atoms with van der Waals surface area (Å²) in [5.41, 5.74) is 1.95. The Bertz CT molecular complexity index is 1080. The largest absolute Gasteiger partial charge is 0.497 e. The first-order valence-corrected chi connectivity index (χ1v) is 10.0. The number of amides is 3. The van der Waals surface area contributed by atoms with Crippen LogP contribution < -0.4 is 20.1 Å². The van der Waals surface area contributed by atoms with Crippen LogP contribution in [0.15, 0.2) is 48.5 Å². The van der Waals surface area contributed by atoms with E-state index in [1.54, 1.807) is 30.2 Å². The summed E-state index contributed by atoms with van der Waals surface area (Å²) in [6, 6.07) is 14.4. The summed E-state index contributed by atoms with van der Waals surface area (Å²) >= 11 is 1.30. The number of hydrogen-bond donors (Lipinski definition) is 2. The zero-order valence-electron chi connectivity index (χ0n) is 16.5. The van der Waals surface area contributed by atoms with Gasteiger partial charge in [-0.3, -0.25) is 10.1 Å². The molecule has 0 aliphatic carbocycles. The average Bonchev–Trinajstić information content (AvgIpc) is 3.27. The minimum atomic E-state index is -0.473. The molecule has 154 valence electrons. The minimum Gasteiger partial charge on any atom is -0.497 e. The number of carbonyl (C=O) groups excluding carboxylic acids is 2. The maximum absolute atomic E-state index is 12.6. The third kappa shape index (κ3) is 4.06. The normalized spacial score (nSPS) is 12.5. The Morgan fingerprint density at radius 1 is 1.13 bits per heavy atom. The number of ether oxygens (including phenoxy) is 2. The standard InChI is InChI=1S/C21H20N4O4S/c1-28-14-8-9-15(16(10-14)29-2)22-20(27)24-21-23-18-17(30-21)12-25(19(18)26)11-13-6-4-3-5-7-13/h3-10H,11-12H2,1-2H3,(H2,22,23,24,27). The molecule has 2 N–H and O–H groups in total. The molecule has 2 aromatic carbocycles. The van der Waals surface area contributed by atoms with Crippen LogP contribution in [0.25, 0.3) is 0 Å². The number of fused-ring (bicyclic) bond motifs is 1. The second-order valence-electron chi connectivity index (χ2n) is 6.58. The van der Waals surface area contributed by atoms with Crippen LogP contribution in [0.3, 0.4) is 0 Å². The van der Waals surface area contributed by atoms with Crippen molar-refractivity contribution in [3.05, 3.63) is 64.7 Å². The highest BCUT2D eigenvalue weighted by molar-refractivity contribution is 7.16. The fourth-order valence-electron chi connectivity index (χ4n) is 3.16. The van der Waals surface area contributed by atoms with Crippen LogP contribution in [0.4, 0.5) is 15.6 Å². The van der Waals surface area contributed by atoms with E-state index >= 15 is 0 Å². The molecule has 0 unspecified atom stereocenters. The Hall–Kier alpha value is -3.59. The Labute approximate surface area is 177 Å². The Balaban J connectivity index is 1.40. The smallest absolute Gasteiger partial charge is 0.325 e. The lowest BCUT2D eigenvalue weighted by molar-refractivity contribution is 0.0762. The number of urea groups is 1. The second kappa shape index (κ2) is 8.42. The summed E-state index contributed by atoms with van der Waals surface area (Å²) in [4.78, 5) is 31.9. The van der Waals surface area contributed by atoms with Crippen LogP contribution in [0.2, 0.25) is 0 Å². The van der Waals surface area contributed by atoms with Gasteiger partial charge in [-0.05, 0) is 17.7 Å². The maximum Gasteiger partial charge on any atom is 0.325 e. The van der Waals surface area contributed by atoms with E-state index in [-0.39, 0.29) is 5.91 Å². The monoisotopic (exact) mass is 424 g/mol. The molecule has 1 aliphatic rings. The predicted molar refractivity (Wildman–Crippen MR) is 114 cm³/mol. The Kier molecular flexibility index (Phi) is 5.53. The molecule has 3 amide bonds. The zero-order chi connectivity index (χ0) is 21.1. The molecule has 1 aromatic heterocycles. The van der Waals surface area contributed by atoms with Gasteiger partial charge in [-0.1, -0.05) is 41.7 Å². The Morgan fingerprint density at radius 3 is 2.63 bits per heavy atom. The van der Waals surface area contributed by atoms with Gasteiger partial charge >= 0.3 is 6.03 Å². The summed E-state index contributed by atoms with van der Waals surface area (Å²) in [6.45, 7) is 1.01. The van der Waals surface area contributed by atoms with Crippen molar-refractivity contribution in [2.24, 2.45) is 0 Å². The average molecular weight is 424 g/mol. The number of hydrogen-bond acceptors (Lipinski definition) is 6. The predicted octanol–water partition coefficient (Wildman–Crippen LogP) is 3.96. The quantitative estimate of drug-likeness (QED) is 0.625. The molecular weight excluding hydrogens is 404 g/mol. The summed E-state index contributed by atoms with van der Waals surface area (Å²) < 4.78 is 10.4. The second-order valence-corrected chi connectivity index (χ2v) is 7.67. The molecule has 9 heteroatoms. The zero-order valence-corrected chi connectivity index (χ0v) is 17.3. The van der Waals surface area contributed by atoms with Gasteiger partial charge in [0.1, 0.15) is 17.2 Å². The van der Waals surface area contributed by atoms with E-state index in [1.165, 1.54) is 18.4 Å². The van der Waals surface area contributed by atoms with Crippen molar-refractivity contribution in [1.29, 1.82) is 0 Å². The van der Waals surface area contributed by atoms with Crippen LogP contribution >= 0.6 is 11.3 Å². The summed E-state index contributed by atoms with van der Waals surface area (Å²) in [7, 11) is 3.06. The highest BCUT2D eigenvalue weighted by Gasteiger charge is 2.32. The van der Waals surface area contributed by atoms with Gasteiger partial charge in [-0.25, -0.2) is 9.78 Å². The van der Waals surface area contributed by atoms with Crippen molar-refractivity contribution in [2.45, 2.75) is 13.1 Å². The molecule has 0 atom stereocenters. The lowest BCUT2D eigenvalue weighted by Crippen LogP contribution is -2.24. The molecule has 2 heterocycles. The summed E-state index contributed by atoms with van der Waals surface area (Å²) in [6.07, 6.45) is 0. The SMILES string of the molecule is COc1ccc(NC(=O)Nc2nc3c(s2)CN(Cc2ccccc2)C3=O)c(OC)c1. The van der Waals surface area contributed by atoms with Crippen LogP contribution in [-0.4, -0.2) is 36.0 Å². The molecule has 0 bridgehead atoms. The fraction of sp³-hybridized carbons (Fsp3) is 0.190. The van der Waals surface area contributed by atoms with Crippen molar-refractivity contribution in [1.82, 2.24) is 9.88 Å². The van der Waals surface area contributed by atoms with Crippen LogP contribution in [0, 0.1) is 0 Å². The highest BCUT2D eigenvalue weighted by Crippen LogP contribution is 2.33. The highest BCUT2D eigenvalue weighted by atomic mass is 32.1. The van der Waals surface area contributed by atoms with Gasteiger partial charge in [0, 0.05) is 12.6 Å². The lowest BCUT2D eigenvalue weighted by Gasteiger charge is -2.15. The topological polar surface area (TPSA) is 92.8 Å². The minimum absolute atomic E-state index is 0.129. The van der Waals surface area contributed by atoms with Crippen LogP contribution in [0.1, 0.15) is 20.9 Å². The number of benzene rings is 2. The van der Waals surface area contributed by atoms with E-state index in [0.29, 0.717) is 41.1 Å². The van der Waals surface area contributed by atoms with Crippen LogP contribution in [0.5, 0.6) is 11.5 Å². The van der Waals surface area contributed by atoms with E-state index in [0.717, 1.165) is 10.4 Å². The van der Waals surface area contributed by atoms with E-state index in [9.17, 15) is 9.59 Å². The van der Waals surface area contributed by atoms with Gasteiger partial charge in [0.25, 0.3) is 5.91 Å². The number of methoxy groups -OCH3 is 2. The Morgan fingerprint density at radius 2 is 1.93 bits per heavy atom. The number of thiazole rings is 1. The van der Waals surface area contributed by atoms with Gasteiger partial charge in [-0.2, -0.15) is 0 Å². The van der Waals surface area contributed by atoms with Crippen molar-refractivity contribution < 1.29 is 19.1 Å². The first-order chi connectivity index (χ1) is 14.6. The van der Waals surface area contributed by atoms with Gasteiger partial charge in [0.2, 0.25) is 0 Å². The maximum atomic E-state index is 12.6. The van der Waals surface area contributed by atoms with Gasteiger partial charge < -0.3 is 19.7 Å². The molecule has 0 saturated carbocycles. The number of anilines is 2. The van der Waals surface area contributed by atoms with Crippen LogP contribution in [-0.2, 0) is 13.1 Å². The third-order valence-electron chi connectivity index (χ3n) is 4.62. The number of aromatic nitrogens is 1. The number of nitrogens with zero attached hydrogens (tertiary/aromatic N) is 2. The molecule has 30 heavy (non-hydrogen) atoms. The first-order valence-electron chi connectivity index (χ1n) is 9.20. The summed E-state index contributed by atoms with van der Waals surface area (Å²) in [5.74, 6) is 0.959. The lowest BCUT2D eigenvalue weighted by atomic mass is 10.2. The van der Waals surface area contributed by atoms with Crippen molar-refractivity contribution in [2.75, 3.05) is 24.9 Å². The number of rotatable bonds is 6. The van der Waals surface area contributed by atoms with E-state index in [2.05, 4.69) is 15.6 Å².